The lowest BCUT2D eigenvalue weighted by Crippen LogP contribution is -2.13. The van der Waals surface area contributed by atoms with Gasteiger partial charge in [-0.25, -0.2) is 0 Å². The highest BCUT2D eigenvalue weighted by molar-refractivity contribution is 6.42. The zero-order chi connectivity index (χ0) is 14.1. The van der Waals surface area contributed by atoms with Crippen molar-refractivity contribution in [1.82, 2.24) is 0 Å². The van der Waals surface area contributed by atoms with E-state index >= 15 is 0 Å². The van der Waals surface area contributed by atoms with Gasteiger partial charge in [0.1, 0.15) is 0 Å². The maximum absolute atomic E-state index is 6.31. The summed E-state index contributed by atoms with van der Waals surface area (Å²) in [5.74, 6) is 0.755. The van der Waals surface area contributed by atoms with Crippen LogP contribution in [0.1, 0.15) is 47.9 Å². The fourth-order valence-electron chi connectivity index (χ4n) is 2.62. The van der Waals surface area contributed by atoms with Crippen LogP contribution >= 0.6 is 23.2 Å². The van der Waals surface area contributed by atoms with Crippen molar-refractivity contribution >= 4 is 23.2 Å². The molecule has 3 rings (SSSR count). The van der Waals surface area contributed by atoms with E-state index in [0.29, 0.717) is 10.0 Å². The van der Waals surface area contributed by atoms with Gasteiger partial charge in [-0.3, -0.25) is 0 Å². The van der Waals surface area contributed by atoms with Gasteiger partial charge in [0.2, 0.25) is 0 Å². The van der Waals surface area contributed by atoms with E-state index in [-0.39, 0.29) is 6.04 Å². The van der Waals surface area contributed by atoms with Crippen molar-refractivity contribution in [1.29, 1.82) is 0 Å². The second-order valence-corrected chi connectivity index (χ2v) is 6.26. The Bertz CT molecular complexity index is 603. The zero-order valence-electron chi connectivity index (χ0n) is 11.2. The van der Waals surface area contributed by atoms with Crippen LogP contribution in [0, 0.1) is 0 Å². The first-order valence-corrected chi connectivity index (χ1v) is 7.71. The molecule has 0 aliphatic heterocycles. The van der Waals surface area contributed by atoms with Gasteiger partial charge in [-0.05, 0) is 47.6 Å². The topological polar surface area (TPSA) is 26.0 Å². The highest BCUT2D eigenvalue weighted by Crippen LogP contribution is 2.36. The lowest BCUT2D eigenvalue weighted by Gasteiger charge is -2.26. The van der Waals surface area contributed by atoms with Crippen molar-refractivity contribution in [2.45, 2.75) is 31.2 Å². The molecule has 0 saturated heterocycles. The molecule has 2 aromatic rings. The first-order chi connectivity index (χ1) is 9.65. The summed E-state index contributed by atoms with van der Waals surface area (Å²) in [6.45, 7) is 0. The van der Waals surface area contributed by atoms with Gasteiger partial charge in [-0.15, -0.1) is 0 Å². The molecule has 0 aromatic heterocycles. The molecule has 1 saturated carbocycles. The van der Waals surface area contributed by atoms with E-state index in [9.17, 15) is 0 Å². The molecule has 20 heavy (non-hydrogen) atoms. The minimum absolute atomic E-state index is 0.166. The summed E-state index contributed by atoms with van der Waals surface area (Å²) in [5, 5.41) is 1.11. The van der Waals surface area contributed by atoms with Crippen LogP contribution in [0.5, 0.6) is 0 Å². The van der Waals surface area contributed by atoms with E-state index < -0.39 is 0 Å². The molecule has 1 fully saturated rings. The maximum Gasteiger partial charge on any atom is 0.0595 e. The van der Waals surface area contributed by atoms with E-state index in [0.717, 1.165) is 17.0 Å². The molecule has 0 amide bonds. The fraction of sp³-hybridized carbons (Fsp3) is 0.294. The van der Waals surface area contributed by atoms with Crippen LogP contribution in [-0.2, 0) is 0 Å². The lowest BCUT2D eigenvalue weighted by atomic mass is 9.79. The minimum atomic E-state index is -0.166. The van der Waals surface area contributed by atoms with Gasteiger partial charge < -0.3 is 5.73 Å². The number of hydrogen-bond acceptors (Lipinski definition) is 1. The summed E-state index contributed by atoms with van der Waals surface area (Å²) in [5.41, 5.74) is 9.82. The predicted molar refractivity (Wildman–Crippen MR) is 85.5 cm³/mol. The van der Waals surface area contributed by atoms with E-state index in [1.54, 1.807) is 6.07 Å². The molecule has 0 bridgehead atoms. The summed E-state index contributed by atoms with van der Waals surface area (Å²) in [4.78, 5) is 0. The molecule has 1 nitrogen and oxygen atoms in total. The van der Waals surface area contributed by atoms with Gasteiger partial charge in [-0.2, -0.15) is 0 Å². The molecule has 3 heteroatoms. The highest BCUT2D eigenvalue weighted by Gasteiger charge is 2.19. The summed E-state index contributed by atoms with van der Waals surface area (Å²) in [6.07, 6.45) is 3.99. The quantitative estimate of drug-likeness (QED) is 0.817. The van der Waals surface area contributed by atoms with E-state index in [2.05, 4.69) is 24.3 Å². The molecule has 2 N–H and O–H groups in total. The Balaban J connectivity index is 1.82. The zero-order valence-corrected chi connectivity index (χ0v) is 12.7. The van der Waals surface area contributed by atoms with Crippen molar-refractivity contribution in [3.05, 3.63) is 69.2 Å². The number of nitrogens with two attached hydrogens (primary N) is 1. The Labute approximate surface area is 129 Å². The number of benzene rings is 2. The second-order valence-electron chi connectivity index (χ2n) is 5.45. The molecule has 2 aromatic carbocycles. The molecule has 0 spiro atoms. The van der Waals surface area contributed by atoms with Crippen molar-refractivity contribution in [3.63, 3.8) is 0 Å². The highest BCUT2D eigenvalue weighted by atomic mass is 35.5. The van der Waals surface area contributed by atoms with Crippen LogP contribution in [0.4, 0.5) is 0 Å². The van der Waals surface area contributed by atoms with E-state index in [1.807, 2.05) is 12.1 Å². The monoisotopic (exact) mass is 305 g/mol. The summed E-state index contributed by atoms with van der Waals surface area (Å²) in [7, 11) is 0. The molecule has 1 atom stereocenters. The predicted octanol–water partition coefficient (Wildman–Crippen LogP) is 5.31. The van der Waals surface area contributed by atoms with Crippen molar-refractivity contribution in [2.24, 2.45) is 5.73 Å². The molecule has 104 valence electrons. The van der Waals surface area contributed by atoms with E-state index in [1.165, 1.54) is 24.8 Å². The molecule has 0 radical (unpaired) electrons. The largest absolute Gasteiger partial charge is 0.320 e. The Morgan fingerprint density at radius 1 is 0.900 bits per heavy atom. The number of halogens is 2. The fourth-order valence-corrected chi connectivity index (χ4v) is 2.92. The van der Waals surface area contributed by atoms with Crippen molar-refractivity contribution in [3.8, 4) is 0 Å². The Morgan fingerprint density at radius 2 is 1.55 bits per heavy atom. The standard InChI is InChI=1S/C17H17Cl2N/c18-15-9-8-14(10-16(15)19)17(20)13-6-4-12(5-7-13)11-2-1-3-11/h4-11,17H,1-3,20H2. The van der Waals surface area contributed by atoms with Gasteiger partial charge in [0.25, 0.3) is 0 Å². The summed E-state index contributed by atoms with van der Waals surface area (Å²) in [6, 6.07) is 14.1. The van der Waals surface area contributed by atoms with Gasteiger partial charge in [0.05, 0.1) is 16.1 Å². The summed E-state index contributed by atoms with van der Waals surface area (Å²) >= 11 is 12.0. The lowest BCUT2D eigenvalue weighted by molar-refractivity contribution is 0.419. The van der Waals surface area contributed by atoms with Gasteiger partial charge in [0.15, 0.2) is 0 Å². The van der Waals surface area contributed by atoms with Crippen LogP contribution in [0.3, 0.4) is 0 Å². The molecular weight excluding hydrogens is 289 g/mol. The Morgan fingerprint density at radius 3 is 2.10 bits per heavy atom. The molecular formula is C17H17Cl2N. The van der Waals surface area contributed by atoms with Gasteiger partial charge in [0, 0.05) is 0 Å². The second kappa shape index (κ2) is 5.77. The first kappa shape index (κ1) is 13.9. The smallest absolute Gasteiger partial charge is 0.0595 e. The average Bonchev–Trinajstić information content (AvgIpc) is 2.40. The molecule has 1 aliphatic rings. The third-order valence-corrected chi connectivity index (χ3v) is 4.91. The number of rotatable bonds is 3. The average molecular weight is 306 g/mol. The van der Waals surface area contributed by atoms with Crippen LogP contribution in [0.2, 0.25) is 10.0 Å². The van der Waals surface area contributed by atoms with Crippen LogP contribution < -0.4 is 5.73 Å². The molecule has 1 unspecified atom stereocenters. The normalized spacial score (nSPS) is 16.8. The molecule has 0 heterocycles. The Kier molecular flexibility index (Phi) is 4.02. The van der Waals surface area contributed by atoms with Crippen molar-refractivity contribution in [2.75, 3.05) is 0 Å². The van der Waals surface area contributed by atoms with Crippen molar-refractivity contribution < 1.29 is 0 Å². The van der Waals surface area contributed by atoms with Crippen LogP contribution in [-0.4, -0.2) is 0 Å². The van der Waals surface area contributed by atoms with E-state index in [4.69, 9.17) is 28.9 Å². The third-order valence-electron chi connectivity index (χ3n) is 4.17. The molecule has 1 aliphatic carbocycles. The summed E-state index contributed by atoms with van der Waals surface area (Å²) < 4.78 is 0. The van der Waals surface area contributed by atoms with Crippen LogP contribution in [0.15, 0.2) is 42.5 Å². The number of hydrogen-bond donors (Lipinski definition) is 1. The Hall–Kier alpha value is -1.02. The van der Waals surface area contributed by atoms with Gasteiger partial charge >= 0.3 is 0 Å². The maximum atomic E-state index is 6.31. The van der Waals surface area contributed by atoms with Gasteiger partial charge in [-0.1, -0.05) is 60.0 Å². The SMILES string of the molecule is NC(c1ccc(C2CCC2)cc1)c1ccc(Cl)c(Cl)c1. The first-order valence-electron chi connectivity index (χ1n) is 6.95. The third kappa shape index (κ3) is 2.71. The minimum Gasteiger partial charge on any atom is -0.320 e. The van der Waals surface area contributed by atoms with Crippen LogP contribution in [0.25, 0.3) is 0 Å².